The number of benzene rings is 3. The van der Waals surface area contributed by atoms with Crippen LogP contribution in [-0.4, -0.2) is 89.9 Å². The fraction of sp³-hybridized carbons (Fsp3) is 0.447. The Kier molecular flexibility index (Phi) is 10.3. The molecule has 0 unspecified atom stereocenters. The third kappa shape index (κ3) is 7.99. The summed E-state index contributed by atoms with van der Waals surface area (Å²) >= 11 is 0. The summed E-state index contributed by atoms with van der Waals surface area (Å²) in [6, 6.07) is 17.4. The highest BCUT2D eigenvalue weighted by Gasteiger charge is 2.61. The number of carbonyl (C=O) groups excluding carboxylic acids is 1. The standard InChI is InChI=1S/C38H40F6N4O3/c1-47-16-11-24(12-17-47)20-25-8-9-26-10-15-45-33(31(26)21-25)30-7-3-5-28-27(4-2-6-29(28)30)22-32(34(49)50)46-35(51)36(38(42,43)44)13-18-48(19-14-36)23-37(39,40)41/h2-10,15,21,24,32H,11-14,16-20,22-23H2,1H3,(H,46,51)(H,49,50)/t32-/m0/s1. The largest absolute Gasteiger partial charge is 0.480 e. The first-order valence-electron chi connectivity index (χ1n) is 17.1. The molecule has 13 heteroatoms. The highest BCUT2D eigenvalue weighted by molar-refractivity contribution is 6.05. The zero-order valence-corrected chi connectivity index (χ0v) is 28.2. The lowest BCUT2D eigenvalue weighted by atomic mass is 9.76. The maximum atomic E-state index is 14.4. The Bertz CT molecular complexity index is 1900. The van der Waals surface area contributed by atoms with Gasteiger partial charge in [-0.3, -0.25) is 14.7 Å². The van der Waals surface area contributed by atoms with Crippen LogP contribution in [-0.2, 0) is 22.4 Å². The number of amides is 1. The van der Waals surface area contributed by atoms with Crippen LogP contribution in [0.4, 0.5) is 26.3 Å². The predicted molar refractivity (Wildman–Crippen MR) is 182 cm³/mol. The molecule has 6 rings (SSSR count). The minimum Gasteiger partial charge on any atom is -0.480 e. The van der Waals surface area contributed by atoms with Crippen LogP contribution < -0.4 is 5.32 Å². The van der Waals surface area contributed by atoms with Gasteiger partial charge in [0.1, 0.15) is 11.5 Å². The molecule has 2 aliphatic rings. The van der Waals surface area contributed by atoms with Gasteiger partial charge in [-0.15, -0.1) is 0 Å². The lowest BCUT2D eigenvalue weighted by molar-refractivity contribution is -0.236. The van der Waals surface area contributed by atoms with Crippen LogP contribution in [0.5, 0.6) is 0 Å². The molecule has 3 aromatic carbocycles. The van der Waals surface area contributed by atoms with E-state index in [2.05, 4.69) is 35.5 Å². The van der Waals surface area contributed by atoms with E-state index >= 15 is 0 Å². The molecule has 1 atom stereocenters. The first kappa shape index (κ1) is 36.6. The third-order valence-corrected chi connectivity index (χ3v) is 10.6. The second-order valence-electron chi connectivity index (χ2n) is 14.0. The molecule has 51 heavy (non-hydrogen) atoms. The Morgan fingerprint density at radius 1 is 0.922 bits per heavy atom. The molecule has 2 aliphatic heterocycles. The van der Waals surface area contributed by atoms with Gasteiger partial charge in [0.2, 0.25) is 5.91 Å². The number of nitrogens with one attached hydrogen (secondary N) is 1. The zero-order chi connectivity index (χ0) is 36.6. The van der Waals surface area contributed by atoms with Crippen LogP contribution in [0.15, 0.2) is 66.9 Å². The van der Waals surface area contributed by atoms with Gasteiger partial charge in [0.25, 0.3) is 0 Å². The smallest absolute Gasteiger partial charge is 0.403 e. The highest BCUT2D eigenvalue weighted by atomic mass is 19.4. The fourth-order valence-electron chi connectivity index (χ4n) is 7.62. The third-order valence-electron chi connectivity index (χ3n) is 10.6. The van der Waals surface area contributed by atoms with Gasteiger partial charge in [-0.05, 0) is 111 Å². The Morgan fingerprint density at radius 3 is 2.27 bits per heavy atom. The molecule has 4 aromatic rings. The number of halogens is 6. The Hall–Kier alpha value is -4.23. The van der Waals surface area contributed by atoms with Gasteiger partial charge >= 0.3 is 18.3 Å². The molecule has 2 fully saturated rings. The number of carboxylic acids is 1. The van der Waals surface area contributed by atoms with Crippen LogP contribution in [0.3, 0.4) is 0 Å². The van der Waals surface area contributed by atoms with Gasteiger partial charge in [-0.2, -0.15) is 26.3 Å². The van der Waals surface area contributed by atoms with E-state index in [0.29, 0.717) is 16.9 Å². The summed E-state index contributed by atoms with van der Waals surface area (Å²) in [5, 5.41) is 15.6. The number of likely N-dealkylation sites (tertiary alicyclic amines) is 2. The lowest BCUT2D eigenvalue weighted by Gasteiger charge is -2.42. The predicted octanol–water partition coefficient (Wildman–Crippen LogP) is 7.26. The number of carboxylic acid groups (broad SMARTS) is 1. The van der Waals surface area contributed by atoms with Crippen molar-refractivity contribution in [3.63, 3.8) is 0 Å². The van der Waals surface area contributed by atoms with Gasteiger partial charge in [-0.1, -0.05) is 48.5 Å². The second kappa shape index (κ2) is 14.4. The van der Waals surface area contributed by atoms with E-state index in [1.54, 1.807) is 24.4 Å². The summed E-state index contributed by atoms with van der Waals surface area (Å²) < 4.78 is 81.9. The van der Waals surface area contributed by atoms with E-state index in [9.17, 15) is 41.0 Å². The number of hydrogen-bond acceptors (Lipinski definition) is 5. The molecule has 2 N–H and O–H groups in total. The average molecular weight is 715 g/mol. The molecule has 1 amide bonds. The summed E-state index contributed by atoms with van der Waals surface area (Å²) in [4.78, 5) is 33.6. The molecule has 0 bridgehead atoms. The molecule has 2 saturated heterocycles. The number of pyridine rings is 1. The number of piperidine rings is 2. The second-order valence-corrected chi connectivity index (χ2v) is 14.0. The van der Waals surface area contributed by atoms with Crippen molar-refractivity contribution in [2.45, 2.75) is 56.9 Å². The topological polar surface area (TPSA) is 85.8 Å². The summed E-state index contributed by atoms with van der Waals surface area (Å²) in [6.07, 6.45) is -6.89. The van der Waals surface area contributed by atoms with Crippen LogP contribution >= 0.6 is 0 Å². The van der Waals surface area contributed by atoms with Gasteiger partial charge in [0.15, 0.2) is 0 Å². The number of alkyl halides is 6. The molecule has 0 saturated carbocycles. The minimum absolute atomic E-state index is 0.320. The van der Waals surface area contributed by atoms with Crippen molar-refractivity contribution in [3.05, 3.63) is 78.0 Å². The van der Waals surface area contributed by atoms with Crippen LogP contribution in [0.2, 0.25) is 0 Å². The van der Waals surface area contributed by atoms with E-state index in [4.69, 9.17) is 4.98 Å². The molecular weight excluding hydrogens is 674 g/mol. The van der Waals surface area contributed by atoms with Gasteiger partial charge in [-0.25, -0.2) is 4.79 Å². The van der Waals surface area contributed by atoms with Gasteiger partial charge < -0.3 is 15.3 Å². The Labute approximate surface area is 291 Å². The summed E-state index contributed by atoms with van der Waals surface area (Å²) in [7, 11) is 2.14. The SMILES string of the molecule is CN1CCC(Cc2ccc3ccnc(-c4cccc5c(C[C@H](NC(=O)C6(C(F)(F)F)CCN(CC(F)(F)F)CC6)C(=O)O)cccc45)c3c2)CC1. The average Bonchev–Trinajstić information content (AvgIpc) is 3.07. The van der Waals surface area contributed by atoms with Crippen molar-refractivity contribution < 1.29 is 41.0 Å². The minimum atomic E-state index is -5.10. The van der Waals surface area contributed by atoms with E-state index in [0.717, 1.165) is 64.7 Å². The van der Waals surface area contributed by atoms with Crippen LogP contribution in [0, 0.1) is 11.3 Å². The molecule has 7 nitrogen and oxygen atoms in total. The fourth-order valence-corrected chi connectivity index (χ4v) is 7.62. The van der Waals surface area contributed by atoms with Gasteiger partial charge in [0.05, 0.1) is 12.2 Å². The van der Waals surface area contributed by atoms with Gasteiger partial charge in [0, 0.05) is 23.6 Å². The number of fused-ring (bicyclic) bond motifs is 2. The van der Waals surface area contributed by atoms with Crippen molar-refractivity contribution in [2.24, 2.45) is 11.3 Å². The number of aromatic nitrogens is 1. The van der Waals surface area contributed by atoms with Crippen LogP contribution in [0.1, 0.15) is 36.8 Å². The number of aliphatic carboxylic acids is 1. The van der Waals surface area contributed by atoms with Crippen molar-refractivity contribution in [2.75, 3.05) is 39.8 Å². The Balaban J connectivity index is 1.27. The summed E-state index contributed by atoms with van der Waals surface area (Å²) in [5.74, 6) is -2.49. The van der Waals surface area contributed by atoms with Crippen molar-refractivity contribution in [1.29, 1.82) is 0 Å². The first-order valence-corrected chi connectivity index (χ1v) is 17.1. The molecule has 0 aliphatic carbocycles. The molecular formula is C38H40F6N4O3. The zero-order valence-electron chi connectivity index (χ0n) is 28.2. The molecule has 272 valence electrons. The highest BCUT2D eigenvalue weighted by Crippen LogP contribution is 2.47. The molecule has 0 radical (unpaired) electrons. The number of carbonyl (C=O) groups is 2. The number of hydrogen-bond donors (Lipinski definition) is 2. The van der Waals surface area contributed by atoms with E-state index in [1.165, 1.54) is 5.56 Å². The molecule has 1 aromatic heterocycles. The van der Waals surface area contributed by atoms with E-state index in [1.807, 2.05) is 24.3 Å². The quantitative estimate of drug-likeness (QED) is 0.178. The van der Waals surface area contributed by atoms with E-state index < -0.39 is 68.2 Å². The van der Waals surface area contributed by atoms with E-state index in [-0.39, 0.29) is 6.42 Å². The Morgan fingerprint density at radius 2 is 1.61 bits per heavy atom. The lowest BCUT2D eigenvalue weighted by Crippen LogP contribution is -2.59. The molecule has 0 spiro atoms. The van der Waals surface area contributed by atoms with Crippen molar-refractivity contribution in [3.8, 4) is 11.3 Å². The first-order chi connectivity index (χ1) is 24.1. The monoisotopic (exact) mass is 714 g/mol. The molecule has 3 heterocycles. The summed E-state index contributed by atoms with van der Waals surface area (Å²) in [6.45, 7) is -0.472. The van der Waals surface area contributed by atoms with Crippen molar-refractivity contribution in [1.82, 2.24) is 20.1 Å². The number of nitrogens with zero attached hydrogens (tertiary/aromatic N) is 3. The summed E-state index contributed by atoms with van der Waals surface area (Å²) in [5.41, 5.74) is 0.240. The maximum absolute atomic E-state index is 14.4. The normalized spacial score (nSPS) is 18.6. The van der Waals surface area contributed by atoms with Crippen LogP contribution in [0.25, 0.3) is 32.8 Å². The maximum Gasteiger partial charge on any atom is 0.403 e. The number of rotatable bonds is 9. The van der Waals surface area contributed by atoms with Crippen molar-refractivity contribution >= 4 is 33.4 Å².